The third-order valence-corrected chi connectivity index (χ3v) is 3.24. The summed E-state index contributed by atoms with van der Waals surface area (Å²) in [6.07, 6.45) is 0.319. The number of amides is 1. The Hall–Kier alpha value is -1.83. The number of nitrogens with two attached hydrogens (primary N) is 1. The second-order valence-corrected chi connectivity index (χ2v) is 7.09. The van der Waals surface area contributed by atoms with Crippen LogP contribution >= 0.6 is 0 Å². The van der Waals surface area contributed by atoms with Crippen LogP contribution in [0.15, 0.2) is 0 Å². The minimum atomic E-state index is -1.83. The standard InChI is InChI=1S/C16H22F4N2O2/c1-15(2,3)24-7-6-16(4,5)22-14(23)8-9(17)11(19)13(21)12(20)10(8)18/h6-7,21H2,1-5H3,(H,22,23). The fourth-order valence-electron chi connectivity index (χ4n) is 1.89. The molecule has 0 saturated carbocycles. The first-order valence-electron chi connectivity index (χ1n) is 7.35. The van der Waals surface area contributed by atoms with Crippen molar-refractivity contribution in [3.05, 3.63) is 28.8 Å². The van der Waals surface area contributed by atoms with Crippen LogP contribution in [-0.2, 0) is 4.74 Å². The molecule has 4 nitrogen and oxygen atoms in total. The molecule has 0 fully saturated rings. The number of nitrogen functional groups attached to an aromatic ring is 1. The van der Waals surface area contributed by atoms with E-state index < -0.39 is 46.0 Å². The first-order valence-corrected chi connectivity index (χ1v) is 7.35. The monoisotopic (exact) mass is 350 g/mol. The fourth-order valence-corrected chi connectivity index (χ4v) is 1.89. The van der Waals surface area contributed by atoms with Gasteiger partial charge in [-0.1, -0.05) is 0 Å². The van der Waals surface area contributed by atoms with Gasteiger partial charge in [0.25, 0.3) is 5.91 Å². The van der Waals surface area contributed by atoms with Crippen LogP contribution in [0.25, 0.3) is 0 Å². The van der Waals surface area contributed by atoms with Crippen LogP contribution in [0.4, 0.5) is 23.2 Å². The SMILES string of the molecule is CC(C)(CCOC(C)(C)C)NC(=O)c1c(F)c(F)c(N)c(F)c1F. The van der Waals surface area contributed by atoms with E-state index >= 15 is 0 Å². The minimum Gasteiger partial charge on any atom is -0.394 e. The Morgan fingerprint density at radius 2 is 1.46 bits per heavy atom. The highest BCUT2D eigenvalue weighted by Crippen LogP contribution is 2.26. The molecule has 24 heavy (non-hydrogen) atoms. The van der Waals surface area contributed by atoms with Crippen LogP contribution in [0.1, 0.15) is 51.4 Å². The summed E-state index contributed by atoms with van der Waals surface area (Å²) in [5, 5.41) is 2.34. The average Bonchev–Trinajstić information content (AvgIpc) is 2.40. The molecule has 0 spiro atoms. The van der Waals surface area contributed by atoms with Crippen molar-refractivity contribution < 1.29 is 27.1 Å². The zero-order chi connectivity index (χ0) is 18.9. The van der Waals surface area contributed by atoms with Crippen LogP contribution in [0.3, 0.4) is 0 Å². The van der Waals surface area contributed by atoms with Gasteiger partial charge in [-0.3, -0.25) is 4.79 Å². The average molecular weight is 350 g/mol. The van der Waals surface area contributed by atoms with Gasteiger partial charge in [0.2, 0.25) is 0 Å². The van der Waals surface area contributed by atoms with Gasteiger partial charge < -0.3 is 15.8 Å². The highest BCUT2D eigenvalue weighted by Gasteiger charge is 2.31. The summed E-state index contributed by atoms with van der Waals surface area (Å²) in [6, 6.07) is 0. The van der Waals surface area contributed by atoms with E-state index in [9.17, 15) is 22.4 Å². The third-order valence-electron chi connectivity index (χ3n) is 3.24. The molecular formula is C16H22F4N2O2. The topological polar surface area (TPSA) is 64.3 Å². The Labute approximate surface area is 138 Å². The molecule has 1 aromatic rings. The Kier molecular flexibility index (Phi) is 5.86. The quantitative estimate of drug-likeness (QED) is 0.485. The van der Waals surface area contributed by atoms with E-state index in [1.165, 1.54) is 0 Å². The first-order chi connectivity index (χ1) is 10.8. The molecule has 1 rings (SSSR count). The lowest BCUT2D eigenvalue weighted by atomic mass is 9.99. The molecule has 136 valence electrons. The maximum atomic E-state index is 13.8. The van der Waals surface area contributed by atoms with Crippen molar-refractivity contribution in [2.24, 2.45) is 0 Å². The van der Waals surface area contributed by atoms with Crippen LogP contribution in [0.2, 0.25) is 0 Å². The summed E-state index contributed by atoms with van der Waals surface area (Å²) in [5.74, 6) is -8.53. The number of hydrogen-bond donors (Lipinski definition) is 2. The van der Waals surface area contributed by atoms with Gasteiger partial charge in [0.1, 0.15) is 11.3 Å². The van der Waals surface area contributed by atoms with Crippen LogP contribution in [0.5, 0.6) is 0 Å². The zero-order valence-electron chi connectivity index (χ0n) is 14.3. The number of carbonyl (C=O) groups is 1. The second kappa shape index (κ2) is 6.96. The largest absolute Gasteiger partial charge is 0.394 e. The molecular weight excluding hydrogens is 328 g/mol. The van der Waals surface area contributed by atoms with E-state index in [1.807, 2.05) is 20.8 Å². The summed E-state index contributed by atoms with van der Waals surface area (Å²) in [4.78, 5) is 12.1. The lowest BCUT2D eigenvalue weighted by Gasteiger charge is -2.28. The summed E-state index contributed by atoms with van der Waals surface area (Å²) in [5.41, 5.74) is 0.950. The highest BCUT2D eigenvalue weighted by atomic mass is 19.2. The van der Waals surface area contributed by atoms with E-state index in [1.54, 1.807) is 13.8 Å². The van der Waals surface area contributed by atoms with Crippen molar-refractivity contribution in [3.8, 4) is 0 Å². The van der Waals surface area contributed by atoms with Gasteiger partial charge in [-0.25, -0.2) is 17.6 Å². The van der Waals surface area contributed by atoms with Crippen LogP contribution in [0, 0.1) is 23.3 Å². The zero-order valence-corrected chi connectivity index (χ0v) is 14.3. The smallest absolute Gasteiger partial charge is 0.257 e. The fraction of sp³-hybridized carbons (Fsp3) is 0.562. The number of anilines is 1. The predicted octanol–water partition coefficient (Wildman–Crippen LogP) is 3.54. The van der Waals surface area contributed by atoms with Crippen molar-refractivity contribution >= 4 is 11.6 Å². The van der Waals surface area contributed by atoms with Gasteiger partial charge in [-0.2, -0.15) is 0 Å². The minimum absolute atomic E-state index is 0.270. The Morgan fingerprint density at radius 1 is 1.00 bits per heavy atom. The van der Waals surface area contributed by atoms with E-state index in [0.717, 1.165) is 0 Å². The number of hydrogen-bond acceptors (Lipinski definition) is 3. The van der Waals surface area contributed by atoms with Gasteiger partial charge in [0.15, 0.2) is 23.3 Å². The van der Waals surface area contributed by atoms with Crippen LogP contribution < -0.4 is 11.1 Å². The van der Waals surface area contributed by atoms with E-state index in [-0.39, 0.29) is 12.2 Å². The normalized spacial score (nSPS) is 12.4. The molecule has 0 heterocycles. The summed E-state index contributed by atoms with van der Waals surface area (Å²) < 4.78 is 60.0. The molecule has 3 N–H and O–H groups in total. The molecule has 1 aromatic carbocycles. The molecule has 0 radical (unpaired) electrons. The van der Waals surface area contributed by atoms with Gasteiger partial charge in [0.05, 0.1) is 5.60 Å². The molecule has 1 amide bonds. The molecule has 0 aliphatic carbocycles. The molecule has 0 bridgehead atoms. The van der Waals surface area contributed by atoms with Crippen molar-refractivity contribution in [3.63, 3.8) is 0 Å². The number of rotatable bonds is 5. The molecule has 0 aromatic heterocycles. The van der Waals surface area contributed by atoms with Crippen molar-refractivity contribution in [1.82, 2.24) is 5.32 Å². The van der Waals surface area contributed by atoms with E-state index in [0.29, 0.717) is 6.42 Å². The lowest BCUT2D eigenvalue weighted by Crippen LogP contribution is -2.45. The van der Waals surface area contributed by atoms with E-state index in [2.05, 4.69) is 5.32 Å². The second-order valence-electron chi connectivity index (χ2n) is 7.09. The lowest BCUT2D eigenvalue weighted by molar-refractivity contribution is -0.0111. The van der Waals surface area contributed by atoms with Gasteiger partial charge >= 0.3 is 0 Å². The maximum absolute atomic E-state index is 13.8. The van der Waals surface area contributed by atoms with Crippen molar-refractivity contribution in [2.45, 2.75) is 52.2 Å². The summed E-state index contributed by atoms with van der Waals surface area (Å²) in [7, 11) is 0. The van der Waals surface area contributed by atoms with Crippen molar-refractivity contribution in [1.29, 1.82) is 0 Å². The third kappa shape index (κ3) is 4.83. The Bertz CT molecular complexity index is 611. The van der Waals surface area contributed by atoms with Crippen LogP contribution in [-0.4, -0.2) is 23.7 Å². The Morgan fingerprint density at radius 3 is 1.88 bits per heavy atom. The van der Waals surface area contributed by atoms with Gasteiger partial charge in [-0.15, -0.1) is 0 Å². The highest BCUT2D eigenvalue weighted by molar-refractivity contribution is 5.95. The maximum Gasteiger partial charge on any atom is 0.257 e. The molecule has 0 atom stereocenters. The summed E-state index contributed by atoms with van der Waals surface area (Å²) >= 11 is 0. The molecule has 0 saturated heterocycles. The summed E-state index contributed by atoms with van der Waals surface area (Å²) in [6.45, 7) is 9.01. The predicted molar refractivity (Wildman–Crippen MR) is 82.6 cm³/mol. The number of ether oxygens (including phenoxy) is 1. The number of benzene rings is 1. The first kappa shape index (κ1) is 20.2. The number of nitrogens with one attached hydrogen (secondary N) is 1. The molecule has 0 aliphatic heterocycles. The van der Waals surface area contributed by atoms with Gasteiger partial charge in [0, 0.05) is 12.1 Å². The molecule has 8 heteroatoms. The number of carbonyl (C=O) groups excluding carboxylic acids is 1. The van der Waals surface area contributed by atoms with E-state index in [4.69, 9.17) is 10.5 Å². The molecule has 0 unspecified atom stereocenters. The molecule has 0 aliphatic rings. The Balaban J connectivity index is 2.96. The number of halogens is 4. The van der Waals surface area contributed by atoms with Gasteiger partial charge in [-0.05, 0) is 41.0 Å². The van der Waals surface area contributed by atoms with Crippen molar-refractivity contribution in [2.75, 3.05) is 12.3 Å².